The lowest BCUT2D eigenvalue weighted by atomic mass is 10.0. The third kappa shape index (κ3) is 2.70. The molecule has 0 aliphatic heterocycles. The highest BCUT2D eigenvalue weighted by Gasteiger charge is 2.10. The Hall–Kier alpha value is -2.43. The SMILES string of the molecule is [B]c1ccc(-c2cc(N=CC)c(C=C)cc2O)nn1. The van der Waals surface area contributed by atoms with Gasteiger partial charge in [-0.25, -0.2) is 0 Å². The summed E-state index contributed by atoms with van der Waals surface area (Å²) >= 11 is 0. The molecule has 4 nitrogen and oxygen atoms in total. The van der Waals surface area contributed by atoms with Gasteiger partial charge >= 0.3 is 0 Å². The third-order valence-electron chi connectivity index (χ3n) is 2.59. The first kappa shape index (κ1) is 13.0. The highest BCUT2D eigenvalue weighted by Crippen LogP contribution is 2.34. The van der Waals surface area contributed by atoms with Crippen LogP contribution in [0.4, 0.5) is 5.69 Å². The molecule has 92 valence electrons. The third-order valence-corrected chi connectivity index (χ3v) is 2.59. The number of aliphatic imine (C=N–C) groups is 1. The van der Waals surface area contributed by atoms with E-state index in [-0.39, 0.29) is 5.75 Å². The zero-order chi connectivity index (χ0) is 13.8. The van der Waals surface area contributed by atoms with Gasteiger partial charge in [-0.2, -0.15) is 10.2 Å². The Balaban J connectivity index is 2.60. The van der Waals surface area contributed by atoms with Crippen molar-refractivity contribution < 1.29 is 5.11 Å². The van der Waals surface area contributed by atoms with E-state index >= 15 is 0 Å². The minimum Gasteiger partial charge on any atom is -0.507 e. The summed E-state index contributed by atoms with van der Waals surface area (Å²) in [6.45, 7) is 5.52. The van der Waals surface area contributed by atoms with Crippen LogP contribution in [0.2, 0.25) is 0 Å². The lowest BCUT2D eigenvalue weighted by molar-refractivity contribution is 0.477. The molecule has 1 aromatic carbocycles. The van der Waals surface area contributed by atoms with Crippen molar-refractivity contribution in [1.29, 1.82) is 0 Å². The van der Waals surface area contributed by atoms with Crippen LogP contribution in [0, 0.1) is 0 Å². The summed E-state index contributed by atoms with van der Waals surface area (Å²) < 4.78 is 0. The maximum atomic E-state index is 10.0. The number of benzene rings is 1. The highest BCUT2D eigenvalue weighted by atomic mass is 16.3. The summed E-state index contributed by atoms with van der Waals surface area (Å²) in [5.74, 6) is 0.101. The molecule has 0 aliphatic carbocycles. The van der Waals surface area contributed by atoms with E-state index < -0.39 is 0 Å². The second kappa shape index (κ2) is 5.48. The van der Waals surface area contributed by atoms with E-state index in [1.54, 1.807) is 36.6 Å². The molecule has 0 saturated carbocycles. The number of hydrogen-bond donors (Lipinski definition) is 1. The van der Waals surface area contributed by atoms with E-state index in [1.165, 1.54) is 0 Å². The van der Waals surface area contributed by atoms with Crippen LogP contribution in [0.25, 0.3) is 17.3 Å². The van der Waals surface area contributed by atoms with Crippen LogP contribution in [-0.2, 0) is 0 Å². The Bertz CT molecular complexity index is 636. The fourth-order valence-electron chi connectivity index (χ4n) is 1.70. The predicted molar refractivity (Wildman–Crippen MR) is 78.4 cm³/mol. The highest BCUT2D eigenvalue weighted by molar-refractivity contribution is 6.30. The molecule has 2 aromatic rings. The van der Waals surface area contributed by atoms with Crippen LogP contribution in [0.1, 0.15) is 12.5 Å². The molecule has 5 heteroatoms. The second-order valence-corrected chi connectivity index (χ2v) is 3.86. The van der Waals surface area contributed by atoms with Crippen molar-refractivity contribution in [3.8, 4) is 17.0 Å². The molecule has 1 heterocycles. The lowest BCUT2D eigenvalue weighted by Crippen LogP contribution is -2.09. The Morgan fingerprint density at radius 1 is 1.32 bits per heavy atom. The number of aromatic nitrogens is 2. The molecule has 1 N–H and O–H groups in total. The van der Waals surface area contributed by atoms with E-state index in [9.17, 15) is 5.11 Å². The van der Waals surface area contributed by atoms with Gasteiger partial charge in [0.15, 0.2) is 0 Å². The van der Waals surface area contributed by atoms with Crippen LogP contribution < -0.4 is 5.59 Å². The molecular weight excluding hydrogens is 237 g/mol. The molecule has 0 amide bonds. The number of aromatic hydroxyl groups is 1. The zero-order valence-electron chi connectivity index (χ0n) is 10.5. The van der Waals surface area contributed by atoms with Gasteiger partial charge < -0.3 is 5.11 Å². The number of rotatable bonds is 3. The molecule has 2 radical (unpaired) electrons. The normalized spacial score (nSPS) is 10.8. The van der Waals surface area contributed by atoms with Gasteiger partial charge in [-0.05, 0) is 31.2 Å². The van der Waals surface area contributed by atoms with Crippen LogP contribution in [0.3, 0.4) is 0 Å². The second-order valence-electron chi connectivity index (χ2n) is 3.86. The Morgan fingerprint density at radius 3 is 2.68 bits per heavy atom. The lowest BCUT2D eigenvalue weighted by Gasteiger charge is -2.08. The minimum absolute atomic E-state index is 0.101. The van der Waals surface area contributed by atoms with Crippen LogP contribution >= 0.6 is 0 Å². The Kier molecular flexibility index (Phi) is 3.75. The fraction of sp³-hybridized carbons (Fsp3) is 0.0714. The van der Waals surface area contributed by atoms with Crippen molar-refractivity contribution in [3.05, 3.63) is 36.4 Å². The molecule has 2 rings (SSSR count). The topological polar surface area (TPSA) is 58.4 Å². The Labute approximate surface area is 113 Å². The Morgan fingerprint density at radius 2 is 2.11 bits per heavy atom. The molecule has 0 atom stereocenters. The maximum absolute atomic E-state index is 10.0. The summed E-state index contributed by atoms with van der Waals surface area (Å²) in [7, 11) is 5.49. The quantitative estimate of drug-likeness (QED) is 0.668. The van der Waals surface area contributed by atoms with E-state index in [2.05, 4.69) is 21.8 Å². The van der Waals surface area contributed by atoms with Gasteiger partial charge in [0.05, 0.1) is 11.4 Å². The van der Waals surface area contributed by atoms with Crippen molar-refractivity contribution in [2.45, 2.75) is 6.92 Å². The van der Waals surface area contributed by atoms with Crippen molar-refractivity contribution >= 4 is 31.4 Å². The number of phenols is 1. The van der Waals surface area contributed by atoms with Gasteiger partial charge in [-0.15, -0.1) is 0 Å². The smallest absolute Gasteiger partial charge is 0.144 e. The molecular formula is C14H12BN3O. The van der Waals surface area contributed by atoms with Gasteiger partial charge in [-0.1, -0.05) is 12.7 Å². The first-order chi connectivity index (χ1) is 9.15. The van der Waals surface area contributed by atoms with Gasteiger partial charge in [0.25, 0.3) is 0 Å². The first-order valence-corrected chi connectivity index (χ1v) is 5.73. The molecule has 0 spiro atoms. The average molecular weight is 249 g/mol. The molecule has 19 heavy (non-hydrogen) atoms. The van der Waals surface area contributed by atoms with E-state index in [0.29, 0.717) is 22.5 Å². The largest absolute Gasteiger partial charge is 0.507 e. The van der Waals surface area contributed by atoms with Crippen molar-refractivity contribution in [2.24, 2.45) is 4.99 Å². The number of phenolic OH excluding ortho intramolecular Hbond substituents is 1. The van der Waals surface area contributed by atoms with Crippen molar-refractivity contribution in [2.75, 3.05) is 0 Å². The predicted octanol–water partition coefficient (Wildman–Crippen LogP) is 2.01. The molecule has 0 unspecified atom stereocenters. The van der Waals surface area contributed by atoms with Crippen LogP contribution in [0.5, 0.6) is 5.75 Å². The molecule has 0 aliphatic rings. The summed E-state index contributed by atoms with van der Waals surface area (Å²) in [6.07, 6.45) is 3.32. The van der Waals surface area contributed by atoms with E-state index in [1.807, 2.05) is 6.92 Å². The summed E-state index contributed by atoms with van der Waals surface area (Å²) in [5.41, 5.74) is 2.89. The number of nitrogens with zero attached hydrogens (tertiary/aromatic N) is 3. The van der Waals surface area contributed by atoms with Crippen LogP contribution in [0.15, 0.2) is 35.8 Å². The maximum Gasteiger partial charge on any atom is 0.144 e. The zero-order valence-corrected chi connectivity index (χ0v) is 10.5. The van der Waals surface area contributed by atoms with Gasteiger partial charge in [0.2, 0.25) is 0 Å². The van der Waals surface area contributed by atoms with E-state index in [4.69, 9.17) is 7.85 Å². The molecule has 0 bridgehead atoms. The summed E-state index contributed by atoms with van der Waals surface area (Å²) in [4.78, 5) is 4.24. The van der Waals surface area contributed by atoms with Crippen molar-refractivity contribution in [1.82, 2.24) is 10.2 Å². The monoisotopic (exact) mass is 249 g/mol. The standard InChI is InChI=1S/C14H12BN3O/c1-3-9-7-13(19)10(8-12(9)16-4-2)11-5-6-14(15)18-17-11/h3-8,19H,1H2,2H3. The summed E-state index contributed by atoms with van der Waals surface area (Å²) in [5, 5.41) is 17.8. The van der Waals surface area contributed by atoms with Crippen molar-refractivity contribution in [3.63, 3.8) is 0 Å². The van der Waals surface area contributed by atoms with Crippen LogP contribution in [-0.4, -0.2) is 29.4 Å². The molecule has 1 aromatic heterocycles. The van der Waals surface area contributed by atoms with Gasteiger partial charge in [0, 0.05) is 22.9 Å². The molecule has 0 saturated heterocycles. The van der Waals surface area contributed by atoms with Gasteiger partial charge in [-0.3, -0.25) is 4.99 Å². The minimum atomic E-state index is 0.101. The van der Waals surface area contributed by atoms with E-state index in [0.717, 1.165) is 5.56 Å². The number of hydrogen-bond acceptors (Lipinski definition) is 4. The van der Waals surface area contributed by atoms with Gasteiger partial charge in [0.1, 0.15) is 13.6 Å². The fourth-order valence-corrected chi connectivity index (χ4v) is 1.70. The molecule has 0 fully saturated rings. The summed E-state index contributed by atoms with van der Waals surface area (Å²) in [6, 6.07) is 6.67. The average Bonchev–Trinajstić information content (AvgIpc) is 2.41. The first-order valence-electron chi connectivity index (χ1n) is 5.73.